The topological polar surface area (TPSA) is 120 Å². The summed E-state index contributed by atoms with van der Waals surface area (Å²) in [7, 11) is 0. The van der Waals surface area contributed by atoms with Crippen molar-refractivity contribution < 1.29 is 14.3 Å². The van der Waals surface area contributed by atoms with Crippen molar-refractivity contribution in [3.8, 4) is 11.1 Å². The number of nitrogens with two attached hydrogens (primary N) is 1. The van der Waals surface area contributed by atoms with Gasteiger partial charge in [-0.05, 0) is 74.1 Å². The summed E-state index contributed by atoms with van der Waals surface area (Å²) in [6.07, 6.45) is 7.81. The average molecular weight is 527 g/mol. The first kappa shape index (κ1) is 26.6. The third-order valence-corrected chi connectivity index (χ3v) is 7.56. The number of aromatic amines is 1. The molecule has 0 spiro atoms. The molecule has 0 saturated carbocycles. The number of H-pyrrole nitrogens is 1. The Morgan fingerprint density at radius 2 is 1.90 bits per heavy atom. The molecule has 4 aromatic rings. The lowest BCUT2D eigenvalue weighted by molar-refractivity contribution is 0.0707. The highest BCUT2D eigenvalue weighted by Gasteiger charge is 2.21. The highest BCUT2D eigenvalue weighted by atomic mass is 16.5. The average Bonchev–Trinajstić information content (AvgIpc) is 3.36. The minimum Gasteiger partial charge on any atom is -0.381 e. The van der Waals surface area contributed by atoms with Crippen molar-refractivity contribution in [1.82, 2.24) is 14.5 Å². The zero-order valence-corrected chi connectivity index (χ0v) is 22.5. The fraction of sp³-hybridized carbons (Fsp3) is 0.355. The van der Waals surface area contributed by atoms with Crippen molar-refractivity contribution in [3.63, 3.8) is 0 Å². The van der Waals surface area contributed by atoms with Crippen molar-refractivity contribution >= 4 is 22.6 Å². The predicted octanol–water partition coefficient (Wildman–Crippen LogP) is 4.92. The van der Waals surface area contributed by atoms with Crippen molar-refractivity contribution in [2.45, 2.75) is 58.4 Å². The summed E-state index contributed by atoms with van der Waals surface area (Å²) in [4.78, 5) is 45.2. The Labute approximate surface area is 227 Å². The molecule has 5 rings (SSSR count). The van der Waals surface area contributed by atoms with Gasteiger partial charge in [-0.25, -0.2) is 0 Å². The Hall–Kier alpha value is -4.04. The summed E-state index contributed by atoms with van der Waals surface area (Å²) < 4.78 is 7.82. The maximum absolute atomic E-state index is 13.8. The number of amides is 1. The van der Waals surface area contributed by atoms with Crippen molar-refractivity contribution in [2.24, 2.45) is 5.73 Å². The minimum absolute atomic E-state index is 0.0179. The summed E-state index contributed by atoms with van der Waals surface area (Å²) in [6.45, 7) is 5.38. The molecule has 8 nitrogen and oxygen atoms in total. The largest absolute Gasteiger partial charge is 0.381 e. The first-order valence-corrected chi connectivity index (χ1v) is 13.6. The first-order valence-electron chi connectivity index (χ1n) is 13.6. The van der Waals surface area contributed by atoms with Crippen LogP contribution in [0.2, 0.25) is 0 Å². The highest BCUT2D eigenvalue weighted by molar-refractivity contribution is 6.09. The van der Waals surface area contributed by atoms with Crippen LogP contribution in [0, 0.1) is 6.92 Å². The number of hydrogen-bond acceptors (Lipinski definition) is 5. The Balaban J connectivity index is 1.54. The number of ketones is 1. The molecule has 4 heterocycles. The third kappa shape index (κ3) is 5.56. The summed E-state index contributed by atoms with van der Waals surface area (Å²) >= 11 is 0. The molecular weight excluding hydrogens is 492 g/mol. The van der Waals surface area contributed by atoms with Crippen molar-refractivity contribution in [2.75, 3.05) is 13.2 Å². The van der Waals surface area contributed by atoms with Crippen LogP contribution in [0.5, 0.6) is 0 Å². The molecule has 1 fully saturated rings. The molecule has 0 unspecified atom stereocenters. The van der Waals surface area contributed by atoms with E-state index in [1.165, 1.54) is 0 Å². The number of aryl methyl sites for hydroxylation is 2. The van der Waals surface area contributed by atoms with E-state index < -0.39 is 5.91 Å². The molecule has 1 aliphatic rings. The van der Waals surface area contributed by atoms with E-state index in [4.69, 9.17) is 10.5 Å². The van der Waals surface area contributed by atoms with Crippen LogP contribution in [0.25, 0.3) is 22.0 Å². The van der Waals surface area contributed by atoms with Crippen LogP contribution in [0.3, 0.4) is 0 Å². The number of hydrogen-bond donors (Lipinski definition) is 2. The van der Waals surface area contributed by atoms with E-state index in [1.54, 1.807) is 18.3 Å². The lowest BCUT2D eigenvalue weighted by Crippen LogP contribution is -2.19. The van der Waals surface area contributed by atoms with Crippen molar-refractivity contribution in [1.29, 1.82) is 0 Å². The molecule has 0 atom stereocenters. The molecule has 8 heteroatoms. The normalized spacial score (nSPS) is 14.1. The van der Waals surface area contributed by atoms with Crippen LogP contribution in [-0.2, 0) is 17.6 Å². The number of Topliss-reactive ketones (excluding diaryl/α,β-unsaturated/α-hetero) is 1. The van der Waals surface area contributed by atoms with Gasteiger partial charge in [-0.1, -0.05) is 19.4 Å². The number of nitrogens with zero attached hydrogens (tertiary/aromatic N) is 2. The fourth-order valence-corrected chi connectivity index (χ4v) is 5.58. The number of ether oxygens (including phenoxy) is 1. The fourth-order valence-electron chi connectivity index (χ4n) is 5.58. The van der Waals surface area contributed by atoms with Crippen LogP contribution in [0.1, 0.15) is 76.3 Å². The van der Waals surface area contributed by atoms with E-state index in [0.717, 1.165) is 59.0 Å². The zero-order valence-electron chi connectivity index (χ0n) is 22.5. The minimum atomic E-state index is -0.588. The molecule has 1 amide bonds. The van der Waals surface area contributed by atoms with Gasteiger partial charge < -0.3 is 20.0 Å². The SMILES string of the molecule is CCCc1cc(C)[nH]c(=O)c1CCC(=O)c1cc(-c2ccc(C(N)=O)nc2)cc2c1ccn2C1CCOCC1. The first-order chi connectivity index (χ1) is 18.9. The van der Waals surface area contributed by atoms with Crippen LogP contribution in [0.4, 0.5) is 0 Å². The second-order valence-electron chi connectivity index (χ2n) is 10.3. The van der Waals surface area contributed by atoms with Crippen LogP contribution in [0.15, 0.2) is 53.6 Å². The van der Waals surface area contributed by atoms with Gasteiger partial charge in [0.15, 0.2) is 5.78 Å². The summed E-state index contributed by atoms with van der Waals surface area (Å²) in [5.41, 5.74) is 11.2. The second kappa shape index (κ2) is 11.4. The van der Waals surface area contributed by atoms with Gasteiger partial charge in [0.2, 0.25) is 0 Å². The van der Waals surface area contributed by atoms with Gasteiger partial charge in [-0.3, -0.25) is 19.4 Å². The molecule has 3 aromatic heterocycles. The smallest absolute Gasteiger partial charge is 0.267 e. The monoisotopic (exact) mass is 526 g/mol. The van der Waals surface area contributed by atoms with Gasteiger partial charge in [0.05, 0.1) is 0 Å². The van der Waals surface area contributed by atoms with Gasteiger partial charge in [-0.15, -0.1) is 0 Å². The summed E-state index contributed by atoms with van der Waals surface area (Å²) in [6, 6.07) is 11.7. The number of benzene rings is 1. The summed E-state index contributed by atoms with van der Waals surface area (Å²) in [5, 5.41) is 0.892. The molecule has 3 N–H and O–H groups in total. The van der Waals surface area contributed by atoms with Gasteiger partial charge in [0.1, 0.15) is 5.69 Å². The maximum Gasteiger partial charge on any atom is 0.267 e. The van der Waals surface area contributed by atoms with Gasteiger partial charge in [0.25, 0.3) is 11.5 Å². The van der Waals surface area contributed by atoms with Gasteiger partial charge >= 0.3 is 0 Å². The molecule has 1 aliphatic heterocycles. The molecule has 0 aliphatic carbocycles. The quantitative estimate of drug-likeness (QED) is 0.300. The molecule has 0 bridgehead atoms. The van der Waals surface area contributed by atoms with E-state index in [1.807, 2.05) is 25.1 Å². The van der Waals surface area contributed by atoms with Gasteiger partial charge in [-0.2, -0.15) is 0 Å². The lowest BCUT2D eigenvalue weighted by Gasteiger charge is -2.25. The Morgan fingerprint density at radius 3 is 2.59 bits per heavy atom. The Morgan fingerprint density at radius 1 is 1.10 bits per heavy atom. The molecule has 39 heavy (non-hydrogen) atoms. The number of rotatable bonds is 9. The lowest BCUT2D eigenvalue weighted by atomic mass is 9.94. The third-order valence-electron chi connectivity index (χ3n) is 7.56. The Bertz CT molecular complexity index is 1580. The number of fused-ring (bicyclic) bond motifs is 1. The van der Waals surface area contributed by atoms with E-state index in [0.29, 0.717) is 30.8 Å². The van der Waals surface area contributed by atoms with E-state index in [-0.39, 0.29) is 29.5 Å². The van der Waals surface area contributed by atoms with Crippen LogP contribution in [-0.4, -0.2) is 39.4 Å². The van der Waals surface area contributed by atoms with Crippen LogP contribution >= 0.6 is 0 Å². The molecular formula is C31H34N4O4. The van der Waals surface area contributed by atoms with E-state index in [9.17, 15) is 14.4 Å². The van der Waals surface area contributed by atoms with Gasteiger partial charge in [0, 0.05) is 71.4 Å². The number of carbonyl (C=O) groups is 2. The van der Waals surface area contributed by atoms with Crippen molar-refractivity contribution in [3.05, 3.63) is 87.2 Å². The number of aromatic nitrogens is 3. The second-order valence-corrected chi connectivity index (χ2v) is 10.3. The molecule has 1 saturated heterocycles. The maximum atomic E-state index is 13.8. The molecule has 1 aromatic carbocycles. The van der Waals surface area contributed by atoms with Crippen LogP contribution < -0.4 is 11.3 Å². The van der Waals surface area contributed by atoms with E-state index in [2.05, 4.69) is 33.7 Å². The predicted molar refractivity (Wildman–Crippen MR) is 151 cm³/mol. The standard InChI is InChI=1S/C31H34N4O4/c1-3-4-20-15-19(2)34-31(38)24(20)6-8-29(36)26-16-22(21-5-7-27(30(32)37)33-18-21)17-28-25(26)9-12-35(28)23-10-13-39-14-11-23/h5,7,9,12,15-18,23H,3-4,6,8,10-11,13-14H2,1-2H3,(H2,32,37)(H,34,38). The molecule has 202 valence electrons. The number of pyridine rings is 2. The number of nitrogens with one attached hydrogen (secondary N) is 1. The highest BCUT2D eigenvalue weighted by Crippen LogP contribution is 2.33. The molecule has 0 radical (unpaired) electrons. The summed E-state index contributed by atoms with van der Waals surface area (Å²) in [5.74, 6) is -0.606. The number of primary amides is 1. The van der Waals surface area contributed by atoms with E-state index >= 15 is 0 Å². The zero-order chi connectivity index (χ0) is 27.5. The number of carbonyl (C=O) groups excluding carboxylic acids is 2. The Kier molecular flexibility index (Phi) is 7.74.